The lowest BCUT2D eigenvalue weighted by Gasteiger charge is -2.58. The molecule has 2 aliphatic carbocycles. The van der Waals surface area contributed by atoms with Crippen molar-refractivity contribution in [1.29, 1.82) is 0 Å². The van der Waals surface area contributed by atoms with Crippen LogP contribution in [0.3, 0.4) is 0 Å². The summed E-state index contributed by atoms with van der Waals surface area (Å²) in [4.78, 5) is 27.5. The normalized spacial score (nSPS) is 23.1. The SMILES string of the molecule is CC(Cc1ccccc1)OC(=O)OCOc1ccc2c(c1)[C@@]13CCCC[C@@H]1[C@H](C2)N(C(=O)OCc1ccccc1)CC3. The van der Waals surface area contributed by atoms with Gasteiger partial charge in [-0.05, 0) is 72.9 Å². The van der Waals surface area contributed by atoms with E-state index in [2.05, 4.69) is 12.1 Å². The van der Waals surface area contributed by atoms with Crippen LogP contribution in [-0.4, -0.2) is 42.6 Å². The van der Waals surface area contributed by atoms with Crippen LogP contribution in [0.5, 0.6) is 5.75 Å². The van der Waals surface area contributed by atoms with E-state index >= 15 is 0 Å². The summed E-state index contributed by atoms with van der Waals surface area (Å²) in [6.45, 7) is 2.61. The number of carbonyl (C=O) groups excluding carboxylic acids is 2. The maximum atomic E-state index is 13.3. The van der Waals surface area contributed by atoms with E-state index in [0.717, 1.165) is 36.8 Å². The maximum absolute atomic E-state index is 13.3. The lowest BCUT2D eigenvalue weighted by molar-refractivity contribution is -0.0161. The van der Waals surface area contributed by atoms with E-state index in [1.807, 2.05) is 78.6 Å². The zero-order valence-electron chi connectivity index (χ0n) is 24.2. The highest BCUT2D eigenvalue weighted by Gasteiger charge is 2.55. The molecule has 3 aromatic carbocycles. The molecule has 3 aliphatic rings. The highest BCUT2D eigenvalue weighted by atomic mass is 16.8. The number of rotatable bonds is 8. The van der Waals surface area contributed by atoms with Gasteiger partial charge in [0.1, 0.15) is 18.5 Å². The quantitative estimate of drug-likeness (QED) is 0.211. The Kier molecular flexibility index (Phi) is 8.36. The molecule has 0 aromatic heterocycles. The van der Waals surface area contributed by atoms with Crippen molar-refractivity contribution in [3.8, 4) is 5.75 Å². The molecule has 2 bridgehead atoms. The highest BCUT2D eigenvalue weighted by Crippen LogP contribution is 2.56. The zero-order valence-corrected chi connectivity index (χ0v) is 24.2. The first-order chi connectivity index (χ1) is 20.5. The Labute approximate surface area is 247 Å². The van der Waals surface area contributed by atoms with E-state index in [1.165, 1.54) is 24.0 Å². The van der Waals surface area contributed by atoms with Gasteiger partial charge in [0.05, 0.1) is 0 Å². The fraction of sp³-hybridized carbons (Fsp3) is 0.429. The van der Waals surface area contributed by atoms with Gasteiger partial charge in [-0.25, -0.2) is 9.59 Å². The molecular weight excluding hydrogens is 530 g/mol. The molecule has 220 valence electrons. The number of fused-ring (bicyclic) bond motifs is 1. The van der Waals surface area contributed by atoms with Gasteiger partial charge in [0.2, 0.25) is 6.79 Å². The van der Waals surface area contributed by atoms with E-state index in [1.54, 1.807) is 0 Å². The predicted octanol–water partition coefficient (Wildman–Crippen LogP) is 7.20. The first-order valence-electron chi connectivity index (χ1n) is 15.1. The van der Waals surface area contributed by atoms with Crippen LogP contribution in [0.15, 0.2) is 78.9 Å². The highest BCUT2D eigenvalue weighted by molar-refractivity contribution is 5.69. The molecule has 1 saturated carbocycles. The van der Waals surface area contributed by atoms with Crippen LogP contribution in [-0.2, 0) is 39.1 Å². The molecule has 0 N–H and O–H groups in total. The van der Waals surface area contributed by atoms with E-state index < -0.39 is 6.16 Å². The van der Waals surface area contributed by atoms with Crippen LogP contribution in [0.25, 0.3) is 0 Å². The number of nitrogens with zero attached hydrogens (tertiary/aromatic N) is 1. The van der Waals surface area contributed by atoms with Crippen molar-refractivity contribution in [1.82, 2.24) is 4.90 Å². The Hall–Kier alpha value is -4.00. The molecule has 3 aromatic rings. The Balaban J connectivity index is 1.08. The van der Waals surface area contributed by atoms with Gasteiger partial charge in [0.25, 0.3) is 0 Å². The average Bonchev–Trinajstić information content (AvgIpc) is 3.01. The van der Waals surface area contributed by atoms with Crippen LogP contribution in [0, 0.1) is 5.92 Å². The van der Waals surface area contributed by atoms with Gasteiger partial charge in [0.15, 0.2) is 0 Å². The summed E-state index contributed by atoms with van der Waals surface area (Å²) in [6.07, 6.45) is 5.66. The average molecular weight is 570 g/mol. The molecule has 7 heteroatoms. The maximum Gasteiger partial charge on any atom is 0.511 e. The number of hydrogen-bond acceptors (Lipinski definition) is 6. The van der Waals surface area contributed by atoms with E-state index in [4.69, 9.17) is 18.9 Å². The second kappa shape index (κ2) is 12.5. The molecule has 7 nitrogen and oxygen atoms in total. The van der Waals surface area contributed by atoms with Gasteiger partial charge in [-0.1, -0.05) is 79.6 Å². The molecule has 4 atom stereocenters. The third kappa shape index (κ3) is 5.96. The fourth-order valence-electron chi connectivity index (χ4n) is 7.43. The van der Waals surface area contributed by atoms with Crippen molar-refractivity contribution in [2.45, 2.75) is 76.0 Å². The number of ether oxygens (including phenoxy) is 4. The second-order valence-electron chi connectivity index (χ2n) is 11.9. The van der Waals surface area contributed by atoms with Gasteiger partial charge < -0.3 is 23.8 Å². The Bertz CT molecular complexity index is 1380. The van der Waals surface area contributed by atoms with Crippen LogP contribution in [0.2, 0.25) is 0 Å². The molecular formula is C35H39NO6. The largest absolute Gasteiger partial charge is 0.511 e. The summed E-state index contributed by atoms with van der Waals surface area (Å²) in [7, 11) is 0. The topological polar surface area (TPSA) is 74.3 Å². The number of piperidine rings is 1. The summed E-state index contributed by atoms with van der Waals surface area (Å²) in [6, 6.07) is 26.1. The van der Waals surface area contributed by atoms with Crippen LogP contribution >= 0.6 is 0 Å². The van der Waals surface area contributed by atoms with Gasteiger partial charge in [-0.15, -0.1) is 0 Å². The van der Waals surface area contributed by atoms with Gasteiger partial charge in [-0.2, -0.15) is 0 Å². The van der Waals surface area contributed by atoms with E-state index in [9.17, 15) is 9.59 Å². The second-order valence-corrected chi connectivity index (χ2v) is 11.9. The molecule has 1 saturated heterocycles. The molecule has 1 aliphatic heterocycles. The summed E-state index contributed by atoms with van der Waals surface area (Å²) in [5.74, 6) is 1.07. The zero-order chi connectivity index (χ0) is 28.9. The smallest absolute Gasteiger partial charge is 0.457 e. The minimum absolute atomic E-state index is 0.0265. The predicted molar refractivity (Wildman–Crippen MR) is 158 cm³/mol. The number of benzene rings is 3. The molecule has 42 heavy (non-hydrogen) atoms. The standard InChI is InChI=1S/C35H39NO6/c1-25(20-26-10-4-2-5-11-26)42-34(38)41-24-40-29-16-15-28-21-32-30-14-8-9-17-35(30,31(28)22-29)18-19-36(32)33(37)39-23-27-12-6-3-7-13-27/h2-7,10-13,15-16,22,25,30,32H,8-9,14,17-21,23-24H2,1H3/t25?,30-,32+,35-/m1/s1. The Morgan fingerprint density at radius 2 is 1.69 bits per heavy atom. The van der Waals surface area contributed by atoms with Crippen molar-refractivity contribution in [2.75, 3.05) is 13.3 Å². The van der Waals surface area contributed by atoms with Crippen molar-refractivity contribution in [3.63, 3.8) is 0 Å². The van der Waals surface area contributed by atoms with Crippen molar-refractivity contribution >= 4 is 12.2 Å². The Morgan fingerprint density at radius 1 is 0.929 bits per heavy atom. The van der Waals surface area contributed by atoms with Gasteiger partial charge in [0, 0.05) is 24.4 Å². The number of likely N-dealkylation sites (tertiary alicyclic amines) is 1. The van der Waals surface area contributed by atoms with Crippen LogP contribution in [0.4, 0.5) is 9.59 Å². The number of carbonyl (C=O) groups is 2. The molecule has 1 unspecified atom stereocenters. The minimum atomic E-state index is -0.739. The number of hydrogen-bond donors (Lipinski definition) is 0. The summed E-state index contributed by atoms with van der Waals surface area (Å²) < 4.78 is 22.3. The van der Waals surface area contributed by atoms with Crippen LogP contribution in [0.1, 0.15) is 61.3 Å². The van der Waals surface area contributed by atoms with E-state index in [0.29, 0.717) is 24.6 Å². The molecule has 1 heterocycles. The Morgan fingerprint density at radius 3 is 2.48 bits per heavy atom. The van der Waals surface area contributed by atoms with Gasteiger partial charge >= 0.3 is 12.2 Å². The summed E-state index contributed by atoms with van der Waals surface area (Å²) >= 11 is 0. The third-order valence-electron chi connectivity index (χ3n) is 9.31. The van der Waals surface area contributed by atoms with Crippen molar-refractivity contribution in [3.05, 3.63) is 101 Å². The summed E-state index contributed by atoms with van der Waals surface area (Å²) in [5.41, 5.74) is 4.72. The first kappa shape index (κ1) is 28.1. The third-order valence-corrected chi connectivity index (χ3v) is 9.31. The monoisotopic (exact) mass is 569 g/mol. The lowest BCUT2D eigenvalue weighted by Crippen LogP contribution is -2.62. The van der Waals surface area contributed by atoms with E-state index in [-0.39, 0.29) is 37.1 Å². The molecule has 2 fully saturated rings. The minimum Gasteiger partial charge on any atom is -0.457 e. The molecule has 0 spiro atoms. The first-order valence-corrected chi connectivity index (χ1v) is 15.1. The van der Waals surface area contributed by atoms with Crippen LogP contribution < -0.4 is 4.74 Å². The van der Waals surface area contributed by atoms with Gasteiger partial charge in [-0.3, -0.25) is 0 Å². The fourth-order valence-corrected chi connectivity index (χ4v) is 7.43. The molecule has 0 radical (unpaired) electrons. The molecule has 6 rings (SSSR count). The number of amides is 1. The lowest BCUT2D eigenvalue weighted by atomic mass is 9.52. The van der Waals surface area contributed by atoms with Crippen molar-refractivity contribution < 1.29 is 28.5 Å². The summed E-state index contributed by atoms with van der Waals surface area (Å²) in [5, 5.41) is 0. The van der Waals surface area contributed by atoms with Crippen molar-refractivity contribution in [2.24, 2.45) is 5.92 Å². The molecule has 1 amide bonds.